The lowest BCUT2D eigenvalue weighted by Gasteiger charge is -2.19. The molecule has 150 valence electrons. The third-order valence-electron chi connectivity index (χ3n) is 4.79. The first kappa shape index (κ1) is 20.6. The number of nitrogens with zero attached hydrogens (tertiary/aromatic N) is 1. The van der Waals surface area contributed by atoms with Crippen LogP contribution < -0.4 is 14.3 Å². The number of benzene rings is 2. The van der Waals surface area contributed by atoms with Gasteiger partial charge in [0.15, 0.2) is 0 Å². The Bertz CT molecular complexity index is 1160. The molecule has 0 amide bonds. The van der Waals surface area contributed by atoms with Crippen LogP contribution in [-0.4, -0.2) is 20.1 Å². The van der Waals surface area contributed by atoms with Crippen molar-refractivity contribution in [3.63, 3.8) is 0 Å². The van der Waals surface area contributed by atoms with Crippen LogP contribution in [0, 0.1) is 6.92 Å². The van der Waals surface area contributed by atoms with Crippen LogP contribution in [0.15, 0.2) is 46.1 Å². The summed E-state index contributed by atoms with van der Waals surface area (Å²) < 4.78 is 36.3. The molecular weight excluding hydrogens is 396 g/mol. The molecule has 28 heavy (non-hydrogen) atoms. The van der Waals surface area contributed by atoms with Crippen molar-refractivity contribution >= 4 is 31.6 Å². The maximum Gasteiger partial charge on any atom is 0.308 e. The van der Waals surface area contributed by atoms with Gasteiger partial charge in [0.25, 0.3) is 0 Å². The van der Waals surface area contributed by atoms with Crippen LogP contribution in [0.5, 0.6) is 5.75 Å². The molecule has 0 saturated carbocycles. The summed E-state index contributed by atoms with van der Waals surface area (Å²) in [5.74, 6) is 0.766. The molecule has 8 heteroatoms. The molecule has 3 aromatic rings. The van der Waals surface area contributed by atoms with Crippen LogP contribution in [0.2, 0.25) is 0 Å². The SMILES string of the molecule is CC[C@H](NS(=O)(=O)c1ccc2c(c1)sc(=O)n2CC)c1ccc(OC)c(C)c1. The van der Waals surface area contributed by atoms with Crippen LogP contribution in [-0.2, 0) is 16.6 Å². The van der Waals surface area contributed by atoms with E-state index in [1.165, 1.54) is 0 Å². The average Bonchev–Trinajstić information content (AvgIpc) is 3.00. The van der Waals surface area contributed by atoms with Crippen LogP contribution in [0.3, 0.4) is 0 Å². The van der Waals surface area contributed by atoms with Crippen molar-refractivity contribution in [1.29, 1.82) is 0 Å². The first-order valence-corrected chi connectivity index (χ1v) is 11.4. The number of rotatable bonds is 7. The number of fused-ring (bicyclic) bond motifs is 1. The number of nitrogens with one attached hydrogen (secondary N) is 1. The van der Waals surface area contributed by atoms with E-state index in [0.29, 0.717) is 17.7 Å². The van der Waals surface area contributed by atoms with Gasteiger partial charge in [0.2, 0.25) is 10.0 Å². The molecule has 0 bridgehead atoms. The quantitative estimate of drug-likeness (QED) is 0.630. The zero-order valence-electron chi connectivity index (χ0n) is 16.4. The van der Waals surface area contributed by atoms with Gasteiger partial charge in [-0.25, -0.2) is 13.1 Å². The summed E-state index contributed by atoms with van der Waals surface area (Å²) in [7, 11) is -2.13. The zero-order valence-corrected chi connectivity index (χ0v) is 18.0. The molecule has 3 rings (SSSR count). The third-order valence-corrected chi connectivity index (χ3v) is 7.20. The average molecular weight is 421 g/mol. The van der Waals surface area contributed by atoms with E-state index in [1.807, 2.05) is 39.0 Å². The lowest BCUT2D eigenvalue weighted by atomic mass is 10.0. The Labute approximate surface area is 168 Å². The molecule has 1 atom stereocenters. The zero-order chi connectivity index (χ0) is 20.5. The number of hydrogen-bond donors (Lipinski definition) is 1. The van der Waals surface area contributed by atoms with Gasteiger partial charge in [-0.05, 0) is 55.7 Å². The highest BCUT2D eigenvalue weighted by Gasteiger charge is 2.22. The van der Waals surface area contributed by atoms with Gasteiger partial charge in [0, 0.05) is 12.6 Å². The van der Waals surface area contributed by atoms with E-state index >= 15 is 0 Å². The van der Waals surface area contributed by atoms with Gasteiger partial charge in [-0.15, -0.1) is 0 Å². The summed E-state index contributed by atoms with van der Waals surface area (Å²) in [5, 5.41) is 0. The van der Waals surface area contributed by atoms with Gasteiger partial charge in [0.1, 0.15) is 5.75 Å². The van der Waals surface area contributed by atoms with Crippen LogP contribution in [0.1, 0.15) is 37.4 Å². The third kappa shape index (κ3) is 3.85. The minimum Gasteiger partial charge on any atom is -0.496 e. The highest BCUT2D eigenvalue weighted by Crippen LogP contribution is 2.27. The van der Waals surface area contributed by atoms with Crippen molar-refractivity contribution in [2.45, 2.75) is 44.7 Å². The minimum absolute atomic E-state index is 0.0832. The molecule has 0 aliphatic heterocycles. The second-order valence-electron chi connectivity index (χ2n) is 6.55. The molecule has 0 fully saturated rings. The van der Waals surface area contributed by atoms with E-state index in [0.717, 1.165) is 33.7 Å². The second kappa shape index (κ2) is 8.06. The molecule has 1 N–H and O–H groups in total. The van der Waals surface area contributed by atoms with Gasteiger partial charge in [-0.1, -0.05) is 30.4 Å². The van der Waals surface area contributed by atoms with Gasteiger partial charge in [0.05, 0.1) is 22.2 Å². The molecule has 1 heterocycles. The number of thiazole rings is 1. The number of ether oxygens (including phenoxy) is 1. The first-order valence-electron chi connectivity index (χ1n) is 9.11. The monoisotopic (exact) mass is 420 g/mol. The number of sulfonamides is 1. The molecule has 0 saturated heterocycles. The van der Waals surface area contributed by atoms with Crippen molar-refractivity contribution in [3.8, 4) is 5.75 Å². The Morgan fingerprint density at radius 2 is 1.93 bits per heavy atom. The maximum atomic E-state index is 13.0. The Hall–Kier alpha value is -2.16. The summed E-state index contributed by atoms with van der Waals surface area (Å²) in [4.78, 5) is 12.1. The predicted octanol–water partition coefficient (Wildman–Crippen LogP) is 3.83. The van der Waals surface area contributed by atoms with E-state index in [9.17, 15) is 13.2 Å². The van der Waals surface area contributed by atoms with Crippen molar-refractivity contribution in [2.24, 2.45) is 0 Å². The maximum absolute atomic E-state index is 13.0. The summed E-state index contributed by atoms with van der Waals surface area (Å²) >= 11 is 1.06. The second-order valence-corrected chi connectivity index (χ2v) is 9.26. The molecule has 0 aliphatic carbocycles. The fourth-order valence-electron chi connectivity index (χ4n) is 3.27. The lowest BCUT2D eigenvalue weighted by Crippen LogP contribution is -2.28. The molecular formula is C20H24N2O4S2. The van der Waals surface area contributed by atoms with Crippen molar-refractivity contribution in [1.82, 2.24) is 9.29 Å². The van der Waals surface area contributed by atoms with E-state index < -0.39 is 10.0 Å². The lowest BCUT2D eigenvalue weighted by molar-refractivity contribution is 0.411. The predicted molar refractivity (Wildman–Crippen MR) is 113 cm³/mol. The summed E-state index contributed by atoms with van der Waals surface area (Å²) in [5.41, 5.74) is 2.59. The summed E-state index contributed by atoms with van der Waals surface area (Å²) in [6.07, 6.45) is 0.604. The molecule has 0 spiro atoms. The van der Waals surface area contributed by atoms with Crippen molar-refractivity contribution < 1.29 is 13.2 Å². The summed E-state index contributed by atoms with van der Waals surface area (Å²) in [6, 6.07) is 10.1. The standard InChI is InChI=1S/C20H24N2O4S2/c1-5-16(14-7-10-18(26-4)13(3)11-14)21-28(24,25)15-8-9-17-19(12-15)27-20(23)22(17)6-2/h7-12,16,21H,5-6H2,1-4H3/t16-/m0/s1. The molecule has 6 nitrogen and oxygen atoms in total. The van der Waals surface area contributed by atoms with E-state index in [-0.39, 0.29) is 15.8 Å². The minimum atomic E-state index is -3.74. The Balaban J connectivity index is 1.94. The topological polar surface area (TPSA) is 77.4 Å². The van der Waals surface area contributed by atoms with Crippen LogP contribution >= 0.6 is 11.3 Å². The Morgan fingerprint density at radius 1 is 1.18 bits per heavy atom. The molecule has 1 aromatic heterocycles. The number of hydrogen-bond acceptors (Lipinski definition) is 5. The molecule has 0 unspecified atom stereocenters. The Kier molecular flexibility index (Phi) is 5.92. The molecule has 2 aromatic carbocycles. The fraction of sp³-hybridized carbons (Fsp3) is 0.350. The number of aromatic nitrogens is 1. The van der Waals surface area contributed by atoms with Gasteiger partial charge in [-0.2, -0.15) is 0 Å². The largest absolute Gasteiger partial charge is 0.496 e. The van der Waals surface area contributed by atoms with Crippen molar-refractivity contribution in [2.75, 3.05) is 7.11 Å². The fourth-order valence-corrected chi connectivity index (χ4v) is 5.68. The first-order chi connectivity index (χ1) is 13.3. The van der Waals surface area contributed by atoms with Gasteiger partial charge in [-0.3, -0.25) is 9.36 Å². The number of methoxy groups -OCH3 is 1. The van der Waals surface area contributed by atoms with Crippen LogP contribution in [0.4, 0.5) is 0 Å². The van der Waals surface area contributed by atoms with E-state index in [4.69, 9.17) is 4.74 Å². The van der Waals surface area contributed by atoms with Crippen molar-refractivity contribution in [3.05, 3.63) is 57.2 Å². The van der Waals surface area contributed by atoms with Gasteiger partial charge >= 0.3 is 4.87 Å². The normalized spacial score (nSPS) is 13.0. The van der Waals surface area contributed by atoms with E-state index in [1.54, 1.807) is 29.9 Å². The smallest absolute Gasteiger partial charge is 0.308 e. The molecule has 0 aliphatic rings. The highest BCUT2D eigenvalue weighted by molar-refractivity contribution is 7.89. The van der Waals surface area contributed by atoms with E-state index in [2.05, 4.69) is 4.72 Å². The molecule has 0 radical (unpaired) electrons. The summed E-state index contributed by atoms with van der Waals surface area (Å²) in [6.45, 7) is 6.31. The number of aryl methyl sites for hydroxylation is 2. The highest BCUT2D eigenvalue weighted by atomic mass is 32.2. The van der Waals surface area contributed by atoms with Crippen LogP contribution in [0.25, 0.3) is 10.2 Å². The van der Waals surface area contributed by atoms with Gasteiger partial charge < -0.3 is 4.74 Å². The Morgan fingerprint density at radius 3 is 2.54 bits per heavy atom.